The Morgan fingerprint density at radius 2 is 1.64 bits per heavy atom. The van der Waals surface area contributed by atoms with Crippen molar-refractivity contribution in [3.63, 3.8) is 0 Å². The number of halogens is 3. The monoisotopic (exact) mass is 569 g/mol. The molecule has 0 spiro atoms. The molecule has 0 fully saturated rings. The number of rotatable bonds is 3. The number of aliphatic hydroxyl groups is 2. The van der Waals surface area contributed by atoms with E-state index >= 15 is 0 Å². The summed E-state index contributed by atoms with van der Waals surface area (Å²) >= 11 is 0. The number of aliphatic hydroxyl groups excluding tert-OH is 2. The molecule has 3 aromatic rings. The van der Waals surface area contributed by atoms with Gasteiger partial charge < -0.3 is 15.2 Å². The predicted octanol–water partition coefficient (Wildman–Crippen LogP) is 4.86. The molecule has 0 aliphatic heterocycles. The summed E-state index contributed by atoms with van der Waals surface area (Å²) < 4.78 is 37.6. The molecule has 3 rings (SSSR count). The van der Waals surface area contributed by atoms with E-state index in [9.17, 15) is 13.2 Å². The van der Waals surface area contributed by atoms with Gasteiger partial charge in [-0.25, -0.2) is 0 Å². The number of hydrogen-bond acceptors (Lipinski definition) is 3. The molecule has 0 amide bonds. The van der Waals surface area contributed by atoms with E-state index in [2.05, 4.69) is 11.1 Å². The summed E-state index contributed by atoms with van der Waals surface area (Å²) in [7, 11) is 0. The van der Waals surface area contributed by atoms with Crippen molar-refractivity contribution in [3.8, 4) is 11.3 Å². The van der Waals surface area contributed by atoms with Gasteiger partial charge in [0.25, 0.3) is 0 Å². The van der Waals surface area contributed by atoms with Crippen molar-refractivity contribution in [2.75, 3.05) is 0 Å². The van der Waals surface area contributed by atoms with E-state index in [1.165, 1.54) is 6.07 Å². The Kier molecular flexibility index (Phi) is 9.24. The molecule has 2 atom stereocenters. The largest absolute Gasteiger partial charge is 0.393 e. The molecule has 3 nitrogen and oxygen atoms in total. The fourth-order valence-electron chi connectivity index (χ4n) is 2.58. The third-order valence-corrected chi connectivity index (χ3v) is 3.75. The Morgan fingerprint density at radius 3 is 2.14 bits per heavy atom. The predicted molar refractivity (Wildman–Crippen MR) is 99.0 cm³/mol. The van der Waals surface area contributed by atoms with Gasteiger partial charge in [0.1, 0.15) is 0 Å². The molecule has 0 bridgehead atoms. The Balaban J connectivity index is 0.000000425. The minimum atomic E-state index is -4.35. The van der Waals surface area contributed by atoms with E-state index in [1.54, 1.807) is 20.0 Å². The van der Waals surface area contributed by atoms with Crippen LogP contribution in [0.25, 0.3) is 22.0 Å². The second-order valence-electron chi connectivity index (χ2n) is 6.30. The molecule has 0 saturated carbocycles. The molecule has 0 aliphatic rings. The first-order chi connectivity index (χ1) is 12.7. The normalized spacial score (nSPS) is 13.1. The number of fused-ring (bicyclic) bond motifs is 1. The molecule has 1 aromatic heterocycles. The summed E-state index contributed by atoms with van der Waals surface area (Å²) in [6.45, 7) is 3.32. The number of pyridine rings is 1. The first-order valence-corrected chi connectivity index (χ1v) is 8.47. The van der Waals surface area contributed by atoms with Gasteiger partial charge in [-0.1, -0.05) is 24.3 Å². The standard InChI is InChI=1S/C16H9F3N.C5H12O2.Ir/c17-16(18,19)13-7-5-12(6-8-13)15-14-4-2-1-3-11(14)9-10-20-15;1-4(6)3-5(2)7;/h1-5,7-10H;4-7H,3H2,1-2H3;/q-1;;. The Labute approximate surface area is 175 Å². The minimum absolute atomic E-state index is 0. The van der Waals surface area contributed by atoms with Crippen LogP contribution in [0.1, 0.15) is 25.8 Å². The maximum absolute atomic E-state index is 12.5. The summed E-state index contributed by atoms with van der Waals surface area (Å²) in [5.41, 5.74) is 0.480. The van der Waals surface area contributed by atoms with Gasteiger partial charge >= 0.3 is 6.18 Å². The van der Waals surface area contributed by atoms with Gasteiger partial charge in [-0.2, -0.15) is 13.2 Å². The second-order valence-corrected chi connectivity index (χ2v) is 6.30. The molecular formula is C21H21F3IrNO2-. The Hall–Kier alpha value is -1.79. The van der Waals surface area contributed by atoms with Gasteiger partial charge in [0.05, 0.1) is 12.2 Å². The molecule has 2 unspecified atom stereocenters. The summed E-state index contributed by atoms with van der Waals surface area (Å²) in [4.78, 5) is 4.26. The summed E-state index contributed by atoms with van der Waals surface area (Å²) in [6, 6.07) is 15.5. The van der Waals surface area contributed by atoms with Gasteiger partial charge in [-0.15, -0.1) is 29.8 Å². The Morgan fingerprint density at radius 1 is 1.00 bits per heavy atom. The fraction of sp³-hybridized carbons (Fsp3) is 0.286. The van der Waals surface area contributed by atoms with Crippen LogP contribution in [0.3, 0.4) is 0 Å². The Bertz CT molecular complexity index is 854. The molecule has 0 aliphatic carbocycles. The van der Waals surface area contributed by atoms with Gasteiger partial charge in [0.15, 0.2) is 0 Å². The minimum Gasteiger partial charge on any atom is -0.393 e. The van der Waals surface area contributed by atoms with E-state index in [-0.39, 0.29) is 32.3 Å². The van der Waals surface area contributed by atoms with Crippen molar-refractivity contribution in [3.05, 3.63) is 66.4 Å². The number of hydrogen-bond donors (Lipinski definition) is 2. The number of benzene rings is 2. The first-order valence-electron chi connectivity index (χ1n) is 8.47. The summed E-state index contributed by atoms with van der Waals surface area (Å²) in [6.07, 6.45) is -2.98. The van der Waals surface area contributed by atoms with E-state index < -0.39 is 11.7 Å². The molecule has 28 heavy (non-hydrogen) atoms. The average molecular weight is 569 g/mol. The van der Waals surface area contributed by atoms with E-state index in [4.69, 9.17) is 10.2 Å². The molecule has 2 N–H and O–H groups in total. The quantitative estimate of drug-likeness (QED) is 0.444. The van der Waals surface area contributed by atoms with Crippen LogP contribution in [0.5, 0.6) is 0 Å². The molecular weight excluding hydrogens is 547 g/mol. The van der Waals surface area contributed by atoms with E-state index in [0.29, 0.717) is 17.7 Å². The summed E-state index contributed by atoms with van der Waals surface area (Å²) in [5, 5.41) is 19.0. The van der Waals surface area contributed by atoms with Crippen LogP contribution < -0.4 is 0 Å². The van der Waals surface area contributed by atoms with Crippen molar-refractivity contribution in [1.82, 2.24) is 4.98 Å². The zero-order valence-electron chi connectivity index (χ0n) is 15.4. The zero-order valence-corrected chi connectivity index (χ0v) is 17.8. The number of nitrogens with zero attached hydrogens (tertiary/aromatic N) is 1. The van der Waals surface area contributed by atoms with Crippen LogP contribution in [0, 0.1) is 6.07 Å². The van der Waals surface area contributed by atoms with Crippen molar-refractivity contribution in [2.45, 2.75) is 38.7 Å². The van der Waals surface area contributed by atoms with Crippen LogP contribution in [0.4, 0.5) is 13.2 Å². The third-order valence-electron chi connectivity index (χ3n) is 3.75. The maximum Gasteiger partial charge on any atom is 0.381 e. The fourth-order valence-corrected chi connectivity index (χ4v) is 2.58. The molecule has 153 valence electrons. The number of alkyl halides is 3. The SMILES string of the molecule is CC(O)CC(C)O.FC(F)(F)c1c[c-]c(-c2nccc3ccccc23)cc1.[Ir]. The van der Waals surface area contributed by atoms with Crippen molar-refractivity contribution < 1.29 is 43.5 Å². The van der Waals surface area contributed by atoms with Crippen LogP contribution in [-0.4, -0.2) is 27.4 Å². The van der Waals surface area contributed by atoms with Crippen LogP contribution in [-0.2, 0) is 26.3 Å². The molecule has 1 heterocycles. The third kappa shape index (κ3) is 6.98. The van der Waals surface area contributed by atoms with E-state index in [1.807, 2.05) is 30.3 Å². The first kappa shape index (κ1) is 24.2. The maximum atomic E-state index is 12.5. The van der Waals surface area contributed by atoms with Gasteiger partial charge in [0, 0.05) is 26.3 Å². The van der Waals surface area contributed by atoms with Crippen LogP contribution in [0.15, 0.2) is 54.7 Å². The smallest absolute Gasteiger partial charge is 0.381 e. The van der Waals surface area contributed by atoms with Gasteiger partial charge in [-0.3, -0.25) is 0 Å². The van der Waals surface area contributed by atoms with Crippen molar-refractivity contribution in [1.29, 1.82) is 0 Å². The second kappa shape index (κ2) is 10.7. The van der Waals surface area contributed by atoms with Crippen molar-refractivity contribution >= 4 is 10.8 Å². The van der Waals surface area contributed by atoms with E-state index in [0.717, 1.165) is 22.9 Å². The number of aromatic nitrogens is 1. The van der Waals surface area contributed by atoms with Crippen molar-refractivity contribution in [2.24, 2.45) is 0 Å². The van der Waals surface area contributed by atoms with Gasteiger partial charge in [-0.05, 0) is 48.4 Å². The summed E-state index contributed by atoms with van der Waals surface area (Å²) in [5.74, 6) is 0. The zero-order chi connectivity index (χ0) is 20.0. The van der Waals surface area contributed by atoms with Crippen LogP contribution in [0.2, 0.25) is 0 Å². The van der Waals surface area contributed by atoms with Crippen LogP contribution >= 0.6 is 0 Å². The molecule has 1 radical (unpaired) electrons. The molecule has 2 aromatic carbocycles. The van der Waals surface area contributed by atoms with Gasteiger partial charge in [0.2, 0.25) is 0 Å². The topological polar surface area (TPSA) is 53.4 Å². The molecule has 7 heteroatoms. The molecule has 0 saturated heterocycles. The average Bonchev–Trinajstić information content (AvgIpc) is 2.60.